The lowest BCUT2D eigenvalue weighted by Gasteiger charge is -2.19. The summed E-state index contributed by atoms with van der Waals surface area (Å²) in [6.07, 6.45) is -0.579. The van der Waals surface area contributed by atoms with Crippen LogP contribution < -0.4 is 5.32 Å². The van der Waals surface area contributed by atoms with Crippen molar-refractivity contribution in [2.45, 2.75) is 26.8 Å². The summed E-state index contributed by atoms with van der Waals surface area (Å²) in [6, 6.07) is -0.563. The second-order valence-electron chi connectivity index (χ2n) is 3.19. The fraction of sp³-hybridized carbons (Fsp3) is 0.778. The normalized spacial score (nSPS) is 12.4. The molecule has 0 aromatic carbocycles. The van der Waals surface area contributed by atoms with E-state index in [1.165, 1.54) is 0 Å². The Bertz CT molecular complexity index is 206. The summed E-state index contributed by atoms with van der Waals surface area (Å²) in [6.45, 7) is 5.65. The van der Waals surface area contributed by atoms with Crippen LogP contribution in [0.3, 0.4) is 0 Å². The van der Waals surface area contributed by atoms with Crippen molar-refractivity contribution in [3.63, 3.8) is 0 Å². The van der Waals surface area contributed by atoms with E-state index in [0.29, 0.717) is 0 Å². The molecule has 0 heterocycles. The molecule has 0 saturated carbocycles. The molecule has 1 amide bonds. The molecule has 1 atom stereocenters. The number of alkyl halides is 1. The zero-order chi connectivity index (χ0) is 11.1. The van der Waals surface area contributed by atoms with Crippen LogP contribution in [0.1, 0.15) is 20.8 Å². The SMILES string of the molecule is CCOC(=O)NC(C(=O)CCl)C(C)C. The number of nitrogens with one attached hydrogen (secondary N) is 1. The smallest absolute Gasteiger partial charge is 0.407 e. The molecule has 5 heteroatoms. The number of rotatable bonds is 5. The van der Waals surface area contributed by atoms with Gasteiger partial charge in [0.25, 0.3) is 0 Å². The van der Waals surface area contributed by atoms with Crippen molar-refractivity contribution in [3.8, 4) is 0 Å². The highest BCUT2D eigenvalue weighted by Gasteiger charge is 2.23. The van der Waals surface area contributed by atoms with Crippen molar-refractivity contribution >= 4 is 23.5 Å². The summed E-state index contributed by atoms with van der Waals surface area (Å²) in [5, 5.41) is 2.47. The van der Waals surface area contributed by atoms with Crippen molar-refractivity contribution in [1.29, 1.82) is 0 Å². The monoisotopic (exact) mass is 221 g/mol. The Hall–Kier alpha value is -0.770. The first-order valence-corrected chi connectivity index (χ1v) is 5.08. The zero-order valence-electron chi connectivity index (χ0n) is 8.67. The van der Waals surface area contributed by atoms with Crippen molar-refractivity contribution in [2.75, 3.05) is 12.5 Å². The molecule has 0 aromatic heterocycles. The average molecular weight is 222 g/mol. The van der Waals surface area contributed by atoms with Crippen molar-refractivity contribution in [1.82, 2.24) is 5.32 Å². The highest BCUT2D eigenvalue weighted by Crippen LogP contribution is 2.04. The largest absolute Gasteiger partial charge is 0.450 e. The molecule has 0 spiro atoms. The number of halogens is 1. The van der Waals surface area contributed by atoms with E-state index in [2.05, 4.69) is 10.1 Å². The van der Waals surface area contributed by atoms with E-state index in [1.807, 2.05) is 13.8 Å². The topological polar surface area (TPSA) is 55.4 Å². The maximum atomic E-state index is 11.3. The fourth-order valence-electron chi connectivity index (χ4n) is 1.00. The van der Waals surface area contributed by atoms with Crippen LogP contribution in [0, 0.1) is 5.92 Å². The highest BCUT2D eigenvalue weighted by molar-refractivity contribution is 6.28. The molecule has 14 heavy (non-hydrogen) atoms. The van der Waals surface area contributed by atoms with Crippen LogP contribution in [0.4, 0.5) is 4.79 Å². The number of Topliss-reactive ketones (excluding diaryl/α,β-unsaturated/α-hetero) is 1. The summed E-state index contributed by atoms with van der Waals surface area (Å²) in [7, 11) is 0. The van der Waals surface area contributed by atoms with E-state index in [-0.39, 0.29) is 24.2 Å². The Morgan fingerprint density at radius 3 is 2.36 bits per heavy atom. The van der Waals surface area contributed by atoms with Gasteiger partial charge in [0.05, 0.1) is 18.5 Å². The lowest BCUT2D eigenvalue weighted by atomic mass is 10.0. The molecular formula is C9H16ClNO3. The third-order valence-electron chi connectivity index (χ3n) is 1.69. The maximum absolute atomic E-state index is 11.3. The molecule has 0 fully saturated rings. The van der Waals surface area contributed by atoms with Gasteiger partial charge in [-0.25, -0.2) is 4.79 Å². The molecule has 0 aliphatic heterocycles. The van der Waals surface area contributed by atoms with Gasteiger partial charge < -0.3 is 10.1 Å². The van der Waals surface area contributed by atoms with Crippen LogP contribution in [-0.4, -0.2) is 30.4 Å². The summed E-state index contributed by atoms with van der Waals surface area (Å²) in [5.74, 6) is -0.296. The summed E-state index contributed by atoms with van der Waals surface area (Å²) < 4.78 is 4.67. The van der Waals surface area contributed by atoms with Crippen molar-refractivity contribution < 1.29 is 14.3 Å². The van der Waals surface area contributed by atoms with Crippen LogP contribution in [-0.2, 0) is 9.53 Å². The third kappa shape index (κ3) is 4.46. The number of ether oxygens (including phenoxy) is 1. The predicted octanol–water partition coefficient (Wildman–Crippen LogP) is 1.56. The average Bonchev–Trinajstić information content (AvgIpc) is 2.13. The van der Waals surface area contributed by atoms with E-state index >= 15 is 0 Å². The first-order valence-electron chi connectivity index (χ1n) is 4.54. The van der Waals surface area contributed by atoms with Crippen LogP contribution in [0.25, 0.3) is 0 Å². The van der Waals surface area contributed by atoms with Gasteiger partial charge in [-0.3, -0.25) is 4.79 Å². The summed E-state index contributed by atoms with van der Waals surface area (Å²) in [4.78, 5) is 22.3. The molecule has 4 nitrogen and oxygen atoms in total. The quantitative estimate of drug-likeness (QED) is 0.717. The first kappa shape index (κ1) is 13.2. The fourth-order valence-corrected chi connectivity index (χ4v) is 1.17. The third-order valence-corrected chi connectivity index (χ3v) is 1.96. The van der Waals surface area contributed by atoms with Crippen molar-refractivity contribution in [3.05, 3.63) is 0 Å². The minimum Gasteiger partial charge on any atom is -0.450 e. The van der Waals surface area contributed by atoms with Gasteiger partial charge in [0, 0.05) is 0 Å². The van der Waals surface area contributed by atoms with Gasteiger partial charge in [-0.15, -0.1) is 11.6 Å². The van der Waals surface area contributed by atoms with Crippen LogP contribution >= 0.6 is 11.6 Å². The molecule has 0 aliphatic rings. The van der Waals surface area contributed by atoms with Crippen molar-refractivity contribution in [2.24, 2.45) is 5.92 Å². The molecule has 0 radical (unpaired) electrons. The Morgan fingerprint density at radius 2 is 2.00 bits per heavy atom. The molecule has 0 rings (SSSR count). The number of ketones is 1. The first-order chi connectivity index (χ1) is 6.52. The standard InChI is InChI=1S/C9H16ClNO3/c1-4-14-9(13)11-8(6(2)3)7(12)5-10/h6,8H,4-5H2,1-3H3,(H,11,13). The van der Waals surface area contributed by atoms with Crippen LogP contribution in [0.2, 0.25) is 0 Å². The highest BCUT2D eigenvalue weighted by atomic mass is 35.5. The number of alkyl carbamates (subject to hydrolysis) is 1. The molecule has 1 unspecified atom stereocenters. The van der Waals surface area contributed by atoms with E-state index in [9.17, 15) is 9.59 Å². The van der Waals surface area contributed by atoms with Gasteiger partial charge >= 0.3 is 6.09 Å². The zero-order valence-corrected chi connectivity index (χ0v) is 9.43. The second kappa shape index (κ2) is 6.65. The molecule has 0 saturated heterocycles. The lowest BCUT2D eigenvalue weighted by molar-refractivity contribution is -0.119. The van der Waals surface area contributed by atoms with Crippen LogP contribution in [0.15, 0.2) is 0 Å². The van der Waals surface area contributed by atoms with Gasteiger partial charge in [0.15, 0.2) is 5.78 Å². The minimum absolute atomic E-state index is 0.00524. The van der Waals surface area contributed by atoms with Gasteiger partial charge in [0.2, 0.25) is 0 Å². The Kier molecular flexibility index (Phi) is 6.28. The minimum atomic E-state index is -0.579. The molecule has 0 aromatic rings. The number of hydrogen-bond donors (Lipinski definition) is 1. The molecule has 1 N–H and O–H groups in total. The van der Waals surface area contributed by atoms with Crippen LogP contribution in [0.5, 0.6) is 0 Å². The molecule has 82 valence electrons. The lowest BCUT2D eigenvalue weighted by Crippen LogP contribution is -2.45. The van der Waals surface area contributed by atoms with E-state index < -0.39 is 12.1 Å². The Labute approximate surface area is 88.9 Å². The predicted molar refractivity (Wildman–Crippen MR) is 54.5 cm³/mol. The Morgan fingerprint density at radius 1 is 1.43 bits per heavy atom. The van der Waals surface area contributed by atoms with E-state index in [0.717, 1.165) is 0 Å². The van der Waals surface area contributed by atoms with Gasteiger partial charge in [-0.1, -0.05) is 13.8 Å². The van der Waals surface area contributed by atoms with Gasteiger partial charge in [-0.05, 0) is 12.8 Å². The number of amides is 1. The number of carbonyl (C=O) groups excluding carboxylic acids is 2. The van der Waals surface area contributed by atoms with E-state index in [1.54, 1.807) is 6.92 Å². The molecule has 0 bridgehead atoms. The van der Waals surface area contributed by atoms with E-state index in [4.69, 9.17) is 11.6 Å². The number of hydrogen-bond acceptors (Lipinski definition) is 3. The molecular weight excluding hydrogens is 206 g/mol. The summed E-state index contributed by atoms with van der Waals surface area (Å²) >= 11 is 5.41. The van der Waals surface area contributed by atoms with Gasteiger partial charge in [0.1, 0.15) is 0 Å². The Balaban J connectivity index is 4.23. The summed E-state index contributed by atoms with van der Waals surface area (Å²) in [5.41, 5.74) is 0. The van der Waals surface area contributed by atoms with Gasteiger partial charge in [-0.2, -0.15) is 0 Å². The second-order valence-corrected chi connectivity index (χ2v) is 3.45. The molecule has 0 aliphatic carbocycles. The number of carbonyl (C=O) groups is 2. The maximum Gasteiger partial charge on any atom is 0.407 e.